The van der Waals surface area contributed by atoms with Crippen LogP contribution in [0.3, 0.4) is 0 Å². The van der Waals surface area contributed by atoms with Crippen LogP contribution in [0.1, 0.15) is 18.4 Å². The summed E-state index contributed by atoms with van der Waals surface area (Å²) in [5.74, 6) is 0.624. The molecule has 1 aromatic heterocycles. The average molecular weight is 337 g/mol. The molecular formula is C20H23N3O2. The molecule has 1 aliphatic heterocycles. The van der Waals surface area contributed by atoms with Gasteiger partial charge in [-0.1, -0.05) is 24.3 Å². The topological polar surface area (TPSA) is 54.5 Å². The van der Waals surface area contributed by atoms with Crippen molar-refractivity contribution in [1.82, 2.24) is 15.2 Å². The molecule has 4 rings (SSSR count). The van der Waals surface area contributed by atoms with Crippen molar-refractivity contribution in [2.75, 3.05) is 19.8 Å². The molecule has 130 valence electrons. The first-order valence-corrected chi connectivity index (χ1v) is 8.94. The van der Waals surface area contributed by atoms with E-state index in [1.54, 1.807) is 6.20 Å². The Morgan fingerprint density at radius 2 is 2.16 bits per heavy atom. The number of hydrogen-bond donors (Lipinski definition) is 1. The molecule has 1 aliphatic carbocycles. The van der Waals surface area contributed by atoms with Crippen LogP contribution >= 0.6 is 0 Å². The van der Waals surface area contributed by atoms with E-state index in [4.69, 9.17) is 4.74 Å². The summed E-state index contributed by atoms with van der Waals surface area (Å²) in [6, 6.07) is 14.3. The van der Waals surface area contributed by atoms with Gasteiger partial charge in [0.25, 0.3) is 0 Å². The van der Waals surface area contributed by atoms with E-state index in [1.807, 2.05) is 41.3 Å². The van der Waals surface area contributed by atoms with Gasteiger partial charge in [0.2, 0.25) is 0 Å². The lowest BCUT2D eigenvalue weighted by Crippen LogP contribution is -2.53. The van der Waals surface area contributed by atoms with Crippen molar-refractivity contribution in [2.24, 2.45) is 5.92 Å². The fourth-order valence-electron chi connectivity index (χ4n) is 3.40. The number of nitrogens with zero attached hydrogens (tertiary/aromatic N) is 2. The summed E-state index contributed by atoms with van der Waals surface area (Å²) in [5, 5.41) is 3.07. The normalized spacial score (nSPS) is 20.3. The number of pyridine rings is 1. The van der Waals surface area contributed by atoms with Crippen molar-refractivity contribution < 1.29 is 9.53 Å². The van der Waals surface area contributed by atoms with Gasteiger partial charge in [-0.2, -0.15) is 0 Å². The highest BCUT2D eigenvalue weighted by Gasteiger charge is 2.39. The Hall–Kier alpha value is -2.40. The Morgan fingerprint density at radius 3 is 2.96 bits per heavy atom. The first-order valence-electron chi connectivity index (χ1n) is 8.94. The number of hydrogen-bond acceptors (Lipinski definition) is 3. The molecule has 0 radical (unpaired) electrons. The first kappa shape index (κ1) is 16.1. The summed E-state index contributed by atoms with van der Waals surface area (Å²) in [7, 11) is 0. The lowest BCUT2D eigenvalue weighted by Gasteiger charge is -2.35. The highest BCUT2D eigenvalue weighted by atomic mass is 16.5. The Morgan fingerprint density at radius 1 is 1.24 bits per heavy atom. The number of urea groups is 1. The van der Waals surface area contributed by atoms with Gasteiger partial charge < -0.3 is 15.0 Å². The fourth-order valence-corrected chi connectivity index (χ4v) is 3.40. The SMILES string of the molecule is O=C(NCc1cccc(-c2ccccn2)c1)N1CCOC[C@H]1C1CC1. The smallest absolute Gasteiger partial charge is 0.318 e. The molecule has 0 spiro atoms. The number of carbonyl (C=O) groups excluding carboxylic acids is 1. The summed E-state index contributed by atoms with van der Waals surface area (Å²) >= 11 is 0. The summed E-state index contributed by atoms with van der Waals surface area (Å²) < 4.78 is 5.56. The number of carbonyl (C=O) groups is 1. The van der Waals surface area contributed by atoms with E-state index in [1.165, 1.54) is 12.8 Å². The second-order valence-corrected chi connectivity index (χ2v) is 6.75. The van der Waals surface area contributed by atoms with Gasteiger partial charge >= 0.3 is 6.03 Å². The van der Waals surface area contributed by atoms with Crippen molar-refractivity contribution >= 4 is 6.03 Å². The maximum Gasteiger partial charge on any atom is 0.318 e. The number of rotatable bonds is 4. The molecule has 1 N–H and O–H groups in total. The van der Waals surface area contributed by atoms with Crippen molar-refractivity contribution in [3.63, 3.8) is 0 Å². The van der Waals surface area contributed by atoms with Gasteiger partial charge in [0.15, 0.2) is 0 Å². The number of nitrogens with one attached hydrogen (secondary N) is 1. The predicted octanol–water partition coefficient (Wildman–Crippen LogP) is 3.07. The van der Waals surface area contributed by atoms with Crippen LogP contribution in [0.15, 0.2) is 48.7 Å². The van der Waals surface area contributed by atoms with Crippen LogP contribution in [-0.4, -0.2) is 41.7 Å². The minimum absolute atomic E-state index is 0.0171. The third kappa shape index (κ3) is 3.82. The van der Waals surface area contributed by atoms with Crippen molar-refractivity contribution in [1.29, 1.82) is 0 Å². The molecule has 2 aliphatic rings. The van der Waals surface area contributed by atoms with E-state index in [2.05, 4.69) is 16.4 Å². The largest absolute Gasteiger partial charge is 0.377 e. The van der Waals surface area contributed by atoms with Gasteiger partial charge in [-0.25, -0.2) is 4.79 Å². The summed E-state index contributed by atoms with van der Waals surface area (Å²) in [6.07, 6.45) is 4.22. The molecule has 5 heteroatoms. The molecule has 1 saturated carbocycles. The van der Waals surface area contributed by atoms with Gasteiger partial charge in [-0.3, -0.25) is 4.98 Å². The zero-order chi connectivity index (χ0) is 17.1. The molecule has 1 saturated heterocycles. The number of aromatic nitrogens is 1. The van der Waals surface area contributed by atoms with Gasteiger partial charge in [0.05, 0.1) is 24.9 Å². The molecular weight excluding hydrogens is 314 g/mol. The average Bonchev–Trinajstić information content (AvgIpc) is 3.52. The summed E-state index contributed by atoms with van der Waals surface area (Å²) in [5.41, 5.74) is 3.08. The third-order valence-corrected chi connectivity index (χ3v) is 4.92. The minimum atomic E-state index is 0.0171. The molecule has 2 fully saturated rings. The van der Waals surface area contributed by atoms with Crippen molar-refractivity contribution in [3.05, 3.63) is 54.2 Å². The van der Waals surface area contributed by atoms with E-state index in [9.17, 15) is 4.79 Å². The van der Waals surface area contributed by atoms with Gasteiger partial charge in [-0.15, -0.1) is 0 Å². The molecule has 0 unspecified atom stereocenters. The molecule has 5 nitrogen and oxygen atoms in total. The van der Waals surface area contributed by atoms with Crippen LogP contribution in [0, 0.1) is 5.92 Å². The Labute approximate surface area is 148 Å². The zero-order valence-corrected chi connectivity index (χ0v) is 14.2. The molecule has 2 heterocycles. The summed E-state index contributed by atoms with van der Waals surface area (Å²) in [4.78, 5) is 19.0. The third-order valence-electron chi connectivity index (χ3n) is 4.92. The number of ether oxygens (including phenoxy) is 1. The maximum absolute atomic E-state index is 12.6. The van der Waals surface area contributed by atoms with Crippen LogP contribution in [0.2, 0.25) is 0 Å². The highest BCUT2D eigenvalue weighted by Crippen LogP contribution is 2.36. The Balaban J connectivity index is 1.40. The van der Waals surface area contributed by atoms with E-state index in [0.29, 0.717) is 32.2 Å². The first-order chi connectivity index (χ1) is 12.3. The fraction of sp³-hybridized carbons (Fsp3) is 0.400. The number of benzene rings is 1. The van der Waals surface area contributed by atoms with Crippen molar-refractivity contribution in [2.45, 2.75) is 25.4 Å². The van der Waals surface area contributed by atoms with Crippen LogP contribution in [0.4, 0.5) is 4.79 Å². The molecule has 25 heavy (non-hydrogen) atoms. The molecule has 0 bridgehead atoms. The lowest BCUT2D eigenvalue weighted by atomic mass is 10.1. The molecule has 1 aromatic carbocycles. The Bertz CT molecular complexity index is 731. The van der Waals surface area contributed by atoms with Crippen LogP contribution in [0.25, 0.3) is 11.3 Å². The van der Waals surface area contributed by atoms with Crippen LogP contribution in [0.5, 0.6) is 0 Å². The molecule has 2 amide bonds. The van der Waals surface area contributed by atoms with E-state index in [0.717, 1.165) is 16.8 Å². The van der Waals surface area contributed by atoms with E-state index in [-0.39, 0.29) is 12.1 Å². The van der Waals surface area contributed by atoms with Crippen LogP contribution in [-0.2, 0) is 11.3 Å². The monoisotopic (exact) mass is 337 g/mol. The molecule has 2 aromatic rings. The number of amides is 2. The predicted molar refractivity (Wildman–Crippen MR) is 95.9 cm³/mol. The zero-order valence-electron chi connectivity index (χ0n) is 14.2. The highest BCUT2D eigenvalue weighted by molar-refractivity contribution is 5.75. The van der Waals surface area contributed by atoms with E-state index < -0.39 is 0 Å². The lowest BCUT2D eigenvalue weighted by molar-refractivity contribution is 0.00463. The maximum atomic E-state index is 12.6. The molecule has 1 atom stereocenters. The second kappa shape index (κ2) is 7.23. The standard InChI is InChI=1S/C20H23N3O2/c24-20(23-10-11-25-14-19(23)16-7-8-16)22-13-15-4-3-5-17(12-15)18-6-1-2-9-21-18/h1-6,9,12,16,19H,7-8,10-11,13-14H2,(H,22,24)/t19-/m0/s1. The van der Waals surface area contributed by atoms with Gasteiger partial charge in [0, 0.05) is 24.8 Å². The van der Waals surface area contributed by atoms with Crippen molar-refractivity contribution in [3.8, 4) is 11.3 Å². The summed E-state index contributed by atoms with van der Waals surface area (Å²) in [6.45, 7) is 2.51. The van der Waals surface area contributed by atoms with Gasteiger partial charge in [0.1, 0.15) is 0 Å². The Kier molecular flexibility index (Phi) is 4.65. The van der Waals surface area contributed by atoms with Crippen LogP contribution < -0.4 is 5.32 Å². The second-order valence-electron chi connectivity index (χ2n) is 6.75. The van der Waals surface area contributed by atoms with Gasteiger partial charge in [-0.05, 0) is 42.5 Å². The number of morpholine rings is 1. The van der Waals surface area contributed by atoms with E-state index >= 15 is 0 Å². The minimum Gasteiger partial charge on any atom is -0.377 e. The quantitative estimate of drug-likeness (QED) is 0.933.